The van der Waals surface area contributed by atoms with Gasteiger partial charge in [0.2, 0.25) is 0 Å². The maximum atomic E-state index is 6.29. The molecular weight excluding hydrogens is 246 g/mol. The molecule has 1 heterocycles. The highest BCUT2D eigenvalue weighted by Crippen LogP contribution is 2.29. The van der Waals surface area contributed by atoms with Crippen molar-refractivity contribution in [2.45, 2.75) is 59.2 Å². The lowest BCUT2D eigenvalue weighted by atomic mass is 9.88. The minimum atomic E-state index is 0.192. The van der Waals surface area contributed by atoms with E-state index in [0.29, 0.717) is 17.4 Å². The predicted molar refractivity (Wildman–Crippen MR) is 85.1 cm³/mol. The number of hydrogen-bond donors (Lipinski definition) is 1. The molecule has 2 rings (SSSR count). The number of rotatable bonds is 3. The van der Waals surface area contributed by atoms with Gasteiger partial charge in [0.1, 0.15) is 0 Å². The summed E-state index contributed by atoms with van der Waals surface area (Å²) < 4.78 is 6.29. The summed E-state index contributed by atoms with van der Waals surface area (Å²) in [6.07, 6.45) is 1.61. The van der Waals surface area contributed by atoms with Crippen LogP contribution in [-0.2, 0) is 4.74 Å². The largest absolute Gasteiger partial charge is 0.368 e. The van der Waals surface area contributed by atoms with Gasteiger partial charge in [0.25, 0.3) is 0 Å². The lowest BCUT2D eigenvalue weighted by Gasteiger charge is -2.34. The number of ether oxygens (including phenoxy) is 1. The molecule has 1 fully saturated rings. The van der Waals surface area contributed by atoms with Crippen LogP contribution >= 0.6 is 0 Å². The molecule has 0 aromatic heterocycles. The van der Waals surface area contributed by atoms with E-state index in [-0.39, 0.29) is 6.10 Å². The summed E-state index contributed by atoms with van der Waals surface area (Å²) in [4.78, 5) is 0. The van der Waals surface area contributed by atoms with Gasteiger partial charge in [-0.25, -0.2) is 0 Å². The highest BCUT2D eigenvalue weighted by molar-refractivity contribution is 5.26. The van der Waals surface area contributed by atoms with E-state index in [9.17, 15) is 0 Å². The molecule has 0 bridgehead atoms. The Morgan fingerprint density at radius 3 is 2.35 bits per heavy atom. The average molecular weight is 275 g/mol. The van der Waals surface area contributed by atoms with E-state index in [0.717, 1.165) is 19.5 Å². The van der Waals surface area contributed by atoms with Crippen LogP contribution in [0.3, 0.4) is 0 Å². The van der Waals surface area contributed by atoms with Crippen LogP contribution in [0.4, 0.5) is 0 Å². The maximum Gasteiger partial charge on any atom is 0.0953 e. The van der Waals surface area contributed by atoms with Crippen molar-refractivity contribution in [2.24, 2.45) is 5.41 Å². The molecule has 1 saturated heterocycles. The zero-order chi connectivity index (χ0) is 14.8. The van der Waals surface area contributed by atoms with Gasteiger partial charge >= 0.3 is 0 Å². The molecule has 112 valence electrons. The molecule has 2 unspecified atom stereocenters. The van der Waals surface area contributed by atoms with Crippen LogP contribution in [-0.4, -0.2) is 19.2 Å². The van der Waals surface area contributed by atoms with Crippen LogP contribution < -0.4 is 5.32 Å². The van der Waals surface area contributed by atoms with Crippen molar-refractivity contribution in [1.29, 1.82) is 0 Å². The Kier molecular flexibility index (Phi) is 4.87. The van der Waals surface area contributed by atoms with E-state index in [1.54, 1.807) is 0 Å². The molecule has 1 aliphatic rings. The fourth-order valence-corrected chi connectivity index (χ4v) is 2.80. The van der Waals surface area contributed by atoms with Crippen molar-refractivity contribution < 1.29 is 4.74 Å². The van der Waals surface area contributed by atoms with Crippen LogP contribution in [0.5, 0.6) is 0 Å². The fourth-order valence-electron chi connectivity index (χ4n) is 2.80. The fraction of sp³-hybridized carbons (Fsp3) is 0.667. The van der Waals surface area contributed by atoms with E-state index in [4.69, 9.17) is 4.74 Å². The van der Waals surface area contributed by atoms with Gasteiger partial charge in [0, 0.05) is 13.1 Å². The zero-order valence-electron chi connectivity index (χ0n) is 13.6. The second-order valence-electron chi connectivity index (χ2n) is 7.49. The number of morpholine rings is 1. The molecular formula is C18H29NO. The Balaban J connectivity index is 2.01. The van der Waals surface area contributed by atoms with Crippen LogP contribution in [0, 0.1) is 5.41 Å². The monoisotopic (exact) mass is 275 g/mol. The Bertz CT molecular complexity index is 416. The van der Waals surface area contributed by atoms with Crippen molar-refractivity contribution in [3.05, 3.63) is 35.4 Å². The van der Waals surface area contributed by atoms with Crippen molar-refractivity contribution >= 4 is 0 Å². The van der Waals surface area contributed by atoms with Gasteiger partial charge in [-0.1, -0.05) is 58.9 Å². The third kappa shape index (κ3) is 4.32. The first-order chi connectivity index (χ1) is 9.35. The Morgan fingerprint density at radius 1 is 1.15 bits per heavy atom. The van der Waals surface area contributed by atoms with Crippen LogP contribution in [0.25, 0.3) is 0 Å². The summed E-state index contributed by atoms with van der Waals surface area (Å²) in [6, 6.07) is 8.91. The molecule has 2 atom stereocenters. The first kappa shape index (κ1) is 15.5. The molecule has 0 aliphatic carbocycles. The van der Waals surface area contributed by atoms with Crippen LogP contribution in [0.1, 0.15) is 64.2 Å². The second-order valence-corrected chi connectivity index (χ2v) is 7.49. The molecule has 1 aromatic carbocycles. The smallest absolute Gasteiger partial charge is 0.0953 e. The summed E-state index contributed by atoms with van der Waals surface area (Å²) >= 11 is 0. The molecule has 20 heavy (non-hydrogen) atoms. The highest BCUT2D eigenvalue weighted by Gasteiger charge is 2.26. The van der Waals surface area contributed by atoms with Gasteiger partial charge in [-0.15, -0.1) is 0 Å². The predicted octanol–water partition coefficient (Wildman–Crippen LogP) is 4.28. The van der Waals surface area contributed by atoms with Gasteiger partial charge < -0.3 is 10.1 Å². The molecule has 1 N–H and O–H groups in total. The molecule has 0 amide bonds. The van der Waals surface area contributed by atoms with E-state index in [2.05, 4.69) is 64.2 Å². The molecule has 0 spiro atoms. The van der Waals surface area contributed by atoms with Crippen LogP contribution in [0.2, 0.25) is 0 Å². The lowest BCUT2D eigenvalue weighted by Crippen LogP contribution is -2.42. The van der Waals surface area contributed by atoms with Crippen molar-refractivity contribution in [2.75, 3.05) is 13.1 Å². The number of nitrogens with one attached hydrogen (secondary N) is 1. The van der Waals surface area contributed by atoms with E-state index in [1.807, 2.05) is 0 Å². The van der Waals surface area contributed by atoms with Gasteiger partial charge in [-0.2, -0.15) is 0 Å². The Morgan fingerprint density at radius 2 is 1.80 bits per heavy atom. The van der Waals surface area contributed by atoms with Gasteiger partial charge in [0.05, 0.1) is 12.2 Å². The Labute approximate surface area is 123 Å². The lowest BCUT2D eigenvalue weighted by molar-refractivity contribution is -0.0552. The van der Waals surface area contributed by atoms with Crippen molar-refractivity contribution in [1.82, 2.24) is 5.32 Å². The third-order valence-electron chi connectivity index (χ3n) is 3.87. The first-order valence-corrected chi connectivity index (χ1v) is 7.81. The summed E-state index contributed by atoms with van der Waals surface area (Å²) in [5.74, 6) is 0.586. The molecule has 1 aliphatic heterocycles. The number of hydrogen-bond acceptors (Lipinski definition) is 2. The van der Waals surface area contributed by atoms with Crippen molar-refractivity contribution in [3.63, 3.8) is 0 Å². The molecule has 0 saturated carbocycles. The van der Waals surface area contributed by atoms with Crippen LogP contribution in [0.15, 0.2) is 24.3 Å². The van der Waals surface area contributed by atoms with E-state index in [1.165, 1.54) is 11.1 Å². The number of benzene rings is 1. The Hall–Kier alpha value is -0.860. The summed E-state index contributed by atoms with van der Waals surface area (Å²) in [5, 5.41) is 3.52. The maximum absolute atomic E-state index is 6.29. The quantitative estimate of drug-likeness (QED) is 0.889. The van der Waals surface area contributed by atoms with Gasteiger partial charge in [0.15, 0.2) is 0 Å². The molecule has 2 nitrogen and oxygen atoms in total. The highest BCUT2D eigenvalue weighted by atomic mass is 16.5. The summed E-state index contributed by atoms with van der Waals surface area (Å²) in [6.45, 7) is 13.2. The SMILES string of the molecule is CC(C)c1ccc(C2CNCC(CC(C)(C)C)O2)cc1. The topological polar surface area (TPSA) is 21.3 Å². The minimum absolute atomic E-state index is 0.192. The first-order valence-electron chi connectivity index (χ1n) is 7.81. The van der Waals surface area contributed by atoms with E-state index < -0.39 is 0 Å². The molecule has 0 radical (unpaired) electrons. The summed E-state index contributed by atoms with van der Waals surface area (Å²) in [5.41, 5.74) is 3.00. The van der Waals surface area contributed by atoms with Gasteiger partial charge in [-0.05, 0) is 28.9 Å². The zero-order valence-corrected chi connectivity index (χ0v) is 13.6. The standard InChI is InChI=1S/C18H29NO/c1-13(2)14-6-8-15(9-7-14)17-12-19-11-16(20-17)10-18(3,4)5/h6-9,13,16-17,19H,10-12H2,1-5H3. The third-order valence-corrected chi connectivity index (χ3v) is 3.87. The molecule has 2 heteroatoms. The second kappa shape index (κ2) is 6.28. The minimum Gasteiger partial charge on any atom is -0.368 e. The normalized spacial score (nSPS) is 24.1. The summed E-state index contributed by atoms with van der Waals surface area (Å²) in [7, 11) is 0. The van der Waals surface area contributed by atoms with Gasteiger partial charge in [-0.3, -0.25) is 0 Å². The average Bonchev–Trinajstić information content (AvgIpc) is 2.37. The van der Waals surface area contributed by atoms with E-state index >= 15 is 0 Å². The van der Waals surface area contributed by atoms with Crippen molar-refractivity contribution in [3.8, 4) is 0 Å². The molecule has 1 aromatic rings.